The number of hydrogen-bond donors (Lipinski definition) is 1. The van der Waals surface area contributed by atoms with Gasteiger partial charge in [0.15, 0.2) is 0 Å². The van der Waals surface area contributed by atoms with Gasteiger partial charge in [0.25, 0.3) is 0 Å². The van der Waals surface area contributed by atoms with Gasteiger partial charge >= 0.3 is 0 Å². The summed E-state index contributed by atoms with van der Waals surface area (Å²) in [5.41, 5.74) is 1.28. The van der Waals surface area contributed by atoms with Crippen molar-refractivity contribution in [1.82, 2.24) is 10.2 Å². The van der Waals surface area contributed by atoms with Crippen LogP contribution in [0.15, 0.2) is 12.2 Å². The summed E-state index contributed by atoms with van der Waals surface area (Å²) in [5.74, 6) is 0. The van der Waals surface area contributed by atoms with Gasteiger partial charge in [-0.3, -0.25) is 0 Å². The molecule has 0 aromatic rings. The molecule has 0 heterocycles. The zero-order valence-electron chi connectivity index (χ0n) is 9.56. The van der Waals surface area contributed by atoms with Crippen molar-refractivity contribution in [3.8, 4) is 0 Å². The van der Waals surface area contributed by atoms with E-state index in [4.69, 9.17) is 0 Å². The van der Waals surface area contributed by atoms with E-state index in [0.29, 0.717) is 6.04 Å². The molecule has 0 aromatic carbocycles. The van der Waals surface area contributed by atoms with Crippen molar-refractivity contribution in [3.05, 3.63) is 12.2 Å². The van der Waals surface area contributed by atoms with E-state index in [1.807, 2.05) is 7.05 Å². The highest BCUT2D eigenvalue weighted by Gasteiger charge is 2.05. The Morgan fingerprint density at radius 3 is 2.38 bits per heavy atom. The molecular weight excluding hydrogens is 160 g/mol. The summed E-state index contributed by atoms with van der Waals surface area (Å²) in [6, 6.07) is 0.638. The van der Waals surface area contributed by atoms with Crippen molar-refractivity contribution in [1.29, 1.82) is 0 Å². The normalized spacial score (nSPS) is 13.3. The predicted octanol–water partition coefficient (Wildman–Crippen LogP) is 1.88. The van der Waals surface area contributed by atoms with Crippen molar-refractivity contribution in [3.63, 3.8) is 0 Å². The highest BCUT2D eigenvalue weighted by Crippen LogP contribution is 2.07. The fourth-order valence-corrected chi connectivity index (χ4v) is 1.27. The largest absolute Gasteiger partial charge is 0.317 e. The second-order valence-corrected chi connectivity index (χ2v) is 4.07. The predicted molar refractivity (Wildman–Crippen MR) is 60.1 cm³/mol. The third-order valence-corrected chi connectivity index (χ3v) is 2.25. The van der Waals surface area contributed by atoms with Gasteiger partial charge in [-0.15, -0.1) is 6.58 Å². The number of hydrogen-bond acceptors (Lipinski definition) is 2. The second-order valence-electron chi connectivity index (χ2n) is 4.07. The molecule has 2 heteroatoms. The van der Waals surface area contributed by atoms with E-state index in [9.17, 15) is 0 Å². The van der Waals surface area contributed by atoms with Crippen LogP contribution in [-0.2, 0) is 0 Å². The van der Waals surface area contributed by atoms with Crippen LogP contribution in [0, 0.1) is 0 Å². The van der Waals surface area contributed by atoms with Gasteiger partial charge in [0, 0.05) is 6.04 Å². The van der Waals surface area contributed by atoms with Crippen LogP contribution in [0.5, 0.6) is 0 Å². The molecule has 0 aliphatic rings. The first-order valence-electron chi connectivity index (χ1n) is 5.02. The third kappa shape index (κ3) is 8.00. The molecule has 0 radical (unpaired) electrons. The van der Waals surface area contributed by atoms with Crippen LogP contribution >= 0.6 is 0 Å². The molecule has 78 valence electrons. The smallest absolute Gasteiger partial charge is 0.00792 e. The van der Waals surface area contributed by atoms with Crippen molar-refractivity contribution >= 4 is 0 Å². The molecular formula is C11H24N2. The highest BCUT2D eigenvalue weighted by molar-refractivity contribution is 4.89. The number of nitrogens with one attached hydrogen (secondary N) is 1. The Labute approximate surface area is 83.0 Å². The van der Waals surface area contributed by atoms with Crippen LogP contribution in [0.25, 0.3) is 0 Å². The molecule has 13 heavy (non-hydrogen) atoms. The lowest BCUT2D eigenvalue weighted by Crippen LogP contribution is -2.29. The maximum atomic E-state index is 3.92. The first-order chi connectivity index (χ1) is 6.06. The van der Waals surface area contributed by atoms with Crippen LogP contribution in [0.4, 0.5) is 0 Å². The monoisotopic (exact) mass is 184 g/mol. The van der Waals surface area contributed by atoms with Gasteiger partial charge in [0.1, 0.15) is 0 Å². The minimum atomic E-state index is 0.638. The molecule has 1 atom stereocenters. The van der Waals surface area contributed by atoms with E-state index >= 15 is 0 Å². The number of nitrogens with zero attached hydrogens (tertiary/aromatic N) is 1. The molecule has 2 nitrogen and oxygen atoms in total. The van der Waals surface area contributed by atoms with Crippen LogP contribution in [0.2, 0.25) is 0 Å². The van der Waals surface area contributed by atoms with Gasteiger partial charge in [-0.2, -0.15) is 0 Å². The summed E-state index contributed by atoms with van der Waals surface area (Å²) in [5, 5.41) is 3.34. The van der Waals surface area contributed by atoms with Gasteiger partial charge in [-0.05, 0) is 53.9 Å². The fourth-order valence-electron chi connectivity index (χ4n) is 1.27. The molecule has 0 aliphatic heterocycles. The summed E-state index contributed by atoms with van der Waals surface area (Å²) in [7, 11) is 6.27. The highest BCUT2D eigenvalue weighted by atomic mass is 15.1. The molecule has 0 aromatic heterocycles. The zero-order valence-corrected chi connectivity index (χ0v) is 9.56. The van der Waals surface area contributed by atoms with E-state index in [0.717, 1.165) is 13.0 Å². The lowest BCUT2D eigenvalue weighted by Gasteiger charge is -2.18. The lowest BCUT2D eigenvalue weighted by atomic mass is 10.0. The topological polar surface area (TPSA) is 15.3 Å². The minimum Gasteiger partial charge on any atom is -0.317 e. The maximum Gasteiger partial charge on any atom is 0.00792 e. The second kappa shape index (κ2) is 7.10. The summed E-state index contributed by atoms with van der Waals surface area (Å²) in [6.07, 6.45) is 3.56. The standard InChI is InChI=1S/C11H24N2/c1-10(2)6-7-11(12-3)8-9-13(4)5/h11-12H,1,6-9H2,2-5H3. The van der Waals surface area contributed by atoms with Gasteiger partial charge in [-0.25, -0.2) is 0 Å². The number of rotatable bonds is 7. The third-order valence-electron chi connectivity index (χ3n) is 2.25. The summed E-state index contributed by atoms with van der Waals surface area (Å²) in [4.78, 5) is 2.23. The van der Waals surface area contributed by atoms with Crippen LogP contribution in [-0.4, -0.2) is 38.6 Å². The first kappa shape index (κ1) is 12.7. The molecule has 0 saturated carbocycles. The molecule has 0 amide bonds. The summed E-state index contributed by atoms with van der Waals surface area (Å²) in [6.45, 7) is 7.17. The zero-order chi connectivity index (χ0) is 10.3. The van der Waals surface area contributed by atoms with E-state index in [1.54, 1.807) is 0 Å². The fraction of sp³-hybridized carbons (Fsp3) is 0.818. The Hall–Kier alpha value is -0.340. The Bertz CT molecular complexity index is 141. The van der Waals surface area contributed by atoms with E-state index < -0.39 is 0 Å². The Morgan fingerprint density at radius 1 is 1.38 bits per heavy atom. The van der Waals surface area contributed by atoms with Crippen LogP contribution < -0.4 is 5.32 Å². The quantitative estimate of drug-likeness (QED) is 0.608. The molecule has 0 saturated heterocycles. The lowest BCUT2D eigenvalue weighted by molar-refractivity contribution is 0.357. The average molecular weight is 184 g/mol. The molecule has 0 aliphatic carbocycles. The maximum absolute atomic E-state index is 3.92. The SMILES string of the molecule is C=C(C)CCC(CCN(C)C)NC. The van der Waals surface area contributed by atoms with Crippen molar-refractivity contribution in [2.75, 3.05) is 27.7 Å². The number of allylic oxidation sites excluding steroid dienone is 1. The average Bonchev–Trinajstić information content (AvgIpc) is 2.04. The van der Waals surface area contributed by atoms with Gasteiger partial charge in [-0.1, -0.05) is 5.57 Å². The van der Waals surface area contributed by atoms with Crippen LogP contribution in [0.3, 0.4) is 0 Å². The molecule has 0 spiro atoms. The molecule has 1 unspecified atom stereocenters. The van der Waals surface area contributed by atoms with Crippen LogP contribution in [0.1, 0.15) is 26.2 Å². The Morgan fingerprint density at radius 2 is 2.00 bits per heavy atom. The first-order valence-corrected chi connectivity index (χ1v) is 5.02. The van der Waals surface area contributed by atoms with E-state index in [1.165, 1.54) is 18.4 Å². The minimum absolute atomic E-state index is 0.638. The van der Waals surface area contributed by atoms with E-state index in [2.05, 4.69) is 37.8 Å². The van der Waals surface area contributed by atoms with Gasteiger partial charge < -0.3 is 10.2 Å². The van der Waals surface area contributed by atoms with Crippen molar-refractivity contribution in [2.45, 2.75) is 32.2 Å². The van der Waals surface area contributed by atoms with E-state index in [-0.39, 0.29) is 0 Å². The summed E-state index contributed by atoms with van der Waals surface area (Å²) < 4.78 is 0. The molecule has 0 fully saturated rings. The Kier molecular flexibility index (Phi) is 6.92. The van der Waals surface area contributed by atoms with Crippen molar-refractivity contribution < 1.29 is 0 Å². The molecule has 0 rings (SSSR count). The van der Waals surface area contributed by atoms with Gasteiger partial charge in [0.05, 0.1) is 0 Å². The Balaban J connectivity index is 3.57. The molecule has 0 bridgehead atoms. The van der Waals surface area contributed by atoms with Crippen molar-refractivity contribution in [2.24, 2.45) is 0 Å². The summed E-state index contributed by atoms with van der Waals surface area (Å²) >= 11 is 0. The van der Waals surface area contributed by atoms with Gasteiger partial charge in [0.2, 0.25) is 0 Å². The molecule has 1 N–H and O–H groups in total.